The van der Waals surface area contributed by atoms with E-state index in [4.69, 9.17) is 17.0 Å². The first kappa shape index (κ1) is 12.9. The zero-order valence-corrected chi connectivity index (χ0v) is 10.8. The fraction of sp³-hybridized carbons (Fsp3) is 0.417. The molecule has 16 heavy (non-hydrogen) atoms. The molecule has 0 unspecified atom stereocenters. The standard InChI is InChI=1S/C12H18N2OS/c1-9-6-10(2)8-11(7-9)14-12(16)13-4-5-15-3/h6-8H,4-5H2,1-3H3,(H2,13,14,16). The molecule has 1 rings (SSSR count). The summed E-state index contributed by atoms with van der Waals surface area (Å²) in [6.45, 7) is 5.50. The molecule has 0 atom stereocenters. The highest BCUT2D eigenvalue weighted by atomic mass is 32.1. The van der Waals surface area contributed by atoms with Crippen molar-refractivity contribution >= 4 is 23.0 Å². The molecule has 3 nitrogen and oxygen atoms in total. The molecule has 0 saturated carbocycles. The van der Waals surface area contributed by atoms with Crippen molar-refractivity contribution < 1.29 is 4.74 Å². The number of anilines is 1. The molecule has 1 aromatic carbocycles. The Bertz CT molecular complexity index is 346. The van der Waals surface area contributed by atoms with Crippen molar-refractivity contribution in [3.8, 4) is 0 Å². The number of rotatable bonds is 4. The number of aryl methyl sites for hydroxylation is 2. The highest BCUT2D eigenvalue weighted by Crippen LogP contribution is 2.13. The average Bonchev–Trinajstić information content (AvgIpc) is 2.16. The van der Waals surface area contributed by atoms with Crippen LogP contribution in [0.15, 0.2) is 18.2 Å². The number of hydrogen-bond acceptors (Lipinski definition) is 2. The van der Waals surface area contributed by atoms with Gasteiger partial charge in [-0.05, 0) is 49.3 Å². The van der Waals surface area contributed by atoms with Crippen LogP contribution >= 0.6 is 12.2 Å². The molecule has 0 spiro atoms. The van der Waals surface area contributed by atoms with E-state index in [9.17, 15) is 0 Å². The molecule has 0 radical (unpaired) electrons. The average molecular weight is 238 g/mol. The van der Waals surface area contributed by atoms with Gasteiger partial charge < -0.3 is 15.4 Å². The van der Waals surface area contributed by atoms with Gasteiger partial charge in [-0.15, -0.1) is 0 Å². The van der Waals surface area contributed by atoms with Gasteiger partial charge >= 0.3 is 0 Å². The van der Waals surface area contributed by atoms with Crippen LogP contribution in [-0.4, -0.2) is 25.4 Å². The number of ether oxygens (including phenoxy) is 1. The highest BCUT2D eigenvalue weighted by molar-refractivity contribution is 7.80. The third-order valence-corrected chi connectivity index (χ3v) is 2.32. The van der Waals surface area contributed by atoms with Crippen molar-refractivity contribution in [3.63, 3.8) is 0 Å². The van der Waals surface area contributed by atoms with Gasteiger partial charge in [0.25, 0.3) is 0 Å². The zero-order valence-electron chi connectivity index (χ0n) is 9.96. The molecule has 0 heterocycles. The van der Waals surface area contributed by atoms with Gasteiger partial charge in [0.1, 0.15) is 0 Å². The fourth-order valence-electron chi connectivity index (χ4n) is 1.49. The fourth-order valence-corrected chi connectivity index (χ4v) is 1.71. The Kier molecular flexibility index (Phi) is 5.22. The molecule has 0 aliphatic carbocycles. The van der Waals surface area contributed by atoms with Crippen LogP contribution in [0.5, 0.6) is 0 Å². The van der Waals surface area contributed by atoms with Crippen LogP contribution in [0.1, 0.15) is 11.1 Å². The summed E-state index contributed by atoms with van der Waals surface area (Å²) in [5.74, 6) is 0. The molecule has 0 bridgehead atoms. The summed E-state index contributed by atoms with van der Waals surface area (Å²) in [4.78, 5) is 0. The summed E-state index contributed by atoms with van der Waals surface area (Å²) in [7, 11) is 1.67. The summed E-state index contributed by atoms with van der Waals surface area (Å²) >= 11 is 5.16. The predicted molar refractivity (Wildman–Crippen MR) is 72.0 cm³/mol. The van der Waals surface area contributed by atoms with E-state index in [0.717, 1.165) is 5.69 Å². The van der Waals surface area contributed by atoms with Gasteiger partial charge in [-0.2, -0.15) is 0 Å². The molecule has 88 valence electrons. The third kappa shape index (κ3) is 4.59. The number of hydrogen-bond donors (Lipinski definition) is 2. The molecule has 1 aromatic rings. The van der Waals surface area contributed by atoms with Crippen LogP contribution in [0.3, 0.4) is 0 Å². The Hall–Kier alpha value is -1.13. The molecule has 0 aliphatic heterocycles. The molecule has 4 heteroatoms. The summed E-state index contributed by atoms with van der Waals surface area (Å²) in [6, 6.07) is 6.27. The molecular formula is C12H18N2OS. The van der Waals surface area contributed by atoms with E-state index in [1.54, 1.807) is 7.11 Å². The van der Waals surface area contributed by atoms with Crippen molar-refractivity contribution in [2.75, 3.05) is 25.6 Å². The second-order valence-corrected chi connectivity index (χ2v) is 4.16. The Morgan fingerprint density at radius 2 is 1.88 bits per heavy atom. The number of nitrogens with one attached hydrogen (secondary N) is 2. The molecule has 0 aromatic heterocycles. The molecular weight excluding hydrogens is 220 g/mol. The van der Waals surface area contributed by atoms with E-state index in [1.807, 2.05) is 0 Å². The Morgan fingerprint density at radius 1 is 1.25 bits per heavy atom. The predicted octanol–water partition coefficient (Wildman–Crippen LogP) is 2.24. The first-order chi connectivity index (χ1) is 7.61. The van der Waals surface area contributed by atoms with Gasteiger partial charge in [-0.1, -0.05) is 6.07 Å². The van der Waals surface area contributed by atoms with Crippen molar-refractivity contribution in [1.82, 2.24) is 5.32 Å². The lowest BCUT2D eigenvalue weighted by atomic mass is 10.1. The number of benzene rings is 1. The van der Waals surface area contributed by atoms with E-state index in [1.165, 1.54) is 11.1 Å². The van der Waals surface area contributed by atoms with Crippen LogP contribution in [0.25, 0.3) is 0 Å². The molecule has 0 aliphatic rings. The molecule has 2 N–H and O–H groups in total. The maximum absolute atomic E-state index is 5.16. The first-order valence-electron chi connectivity index (χ1n) is 5.24. The van der Waals surface area contributed by atoms with Gasteiger partial charge in [-0.25, -0.2) is 0 Å². The van der Waals surface area contributed by atoms with Gasteiger partial charge in [0, 0.05) is 19.3 Å². The van der Waals surface area contributed by atoms with Crippen LogP contribution in [0.2, 0.25) is 0 Å². The first-order valence-corrected chi connectivity index (χ1v) is 5.64. The highest BCUT2D eigenvalue weighted by Gasteiger charge is 1.98. The maximum atomic E-state index is 5.16. The summed E-state index contributed by atoms with van der Waals surface area (Å²) in [6.07, 6.45) is 0. The summed E-state index contributed by atoms with van der Waals surface area (Å²) in [5, 5.41) is 6.84. The van der Waals surface area contributed by atoms with Gasteiger partial charge in [0.05, 0.1) is 6.61 Å². The summed E-state index contributed by atoms with van der Waals surface area (Å²) < 4.78 is 4.93. The lowest BCUT2D eigenvalue weighted by Gasteiger charge is -2.11. The molecule has 0 saturated heterocycles. The summed E-state index contributed by atoms with van der Waals surface area (Å²) in [5.41, 5.74) is 3.47. The van der Waals surface area contributed by atoms with Crippen LogP contribution in [0.4, 0.5) is 5.69 Å². The maximum Gasteiger partial charge on any atom is 0.170 e. The van der Waals surface area contributed by atoms with E-state index in [-0.39, 0.29) is 0 Å². The van der Waals surface area contributed by atoms with Gasteiger partial charge in [-0.3, -0.25) is 0 Å². The Labute approximate surface area is 102 Å². The lowest BCUT2D eigenvalue weighted by Crippen LogP contribution is -2.31. The zero-order chi connectivity index (χ0) is 12.0. The van der Waals surface area contributed by atoms with Crippen LogP contribution in [0, 0.1) is 13.8 Å². The van der Waals surface area contributed by atoms with Crippen molar-refractivity contribution in [2.24, 2.45) is 0 Å². The lowest BCUT2D eigenvalue weighted by molar-refractivity contribution is 0.204. The molecule has 0 fully saturated rings. The minimum absolute atomic E-state index is 0.627. The van der Waals surface area contributed by atoms with E-state index in [2.05, 4.69) is 42.7 Å². The second kappa shape index (κ2) is 6.45. The Morgan fingerprint density at radius 3 is 2.44 bits per heavy atom. The van der Waals surface area contributed by atoms with E-state index in [0.29, 0.717) is 18.3 Å². The SMILES string of the molecule is COCCNC(=S)Nc1cc(C)cc(C)c1. The smallest absolute Gasteiger partial charge is 0.170 e. The largest absolute Gasteiger partial charge is 0.383 e. The Balaban J connectivity index is 2.49. The van der Waals surface area contributed by atoms with Crippen LogP contribution in [-0.2, 0) is 4.74 Å². The number of methoxy groups -OCH3 is 1. The van der Waals surface area contributed by atoms with Crippen molar-refractivity contribution in [3.05, 3.63) is 29.3 Å². The van der Waals surface area contributed by atoms with Crippen molar-refractivity contribution in [1.29, 1.82) is 0 Å². The minimum atomic E-state index is 0.627. The van der Waals surface area contributed by atoms with Crippen LogP contribution < -0.4 is 10.6 Å². The minimum Gasteiger partial charge on any atom is -0.383 e. The quantitative estimate of drug-likeness (QED) is 0.622. The monoisotopic (exact) mass is 238 g/mol. The third-order valence-electron chi connectivity index (χ3n) is 2.07. The normalized spacial score (nSPS) is 9.94. The number of thiocarbonyl (C=S) groups is 1. The topological polar surface area (TPSA) is 33.3 Å². The van der Waals surface area contributed by atoms with Crippen molar-refractivity contribution in [2.45, 2.75) is 13.8 Å². The second-order valence-electron chi connectivity index (χ2n) is 3.75. The van der Waals surface area contributed by atoms with E-state index < -0.39 is 0 Å². The van der Waals surface area contributed by atoms with E-state index >= 15 is 0 Å². The molecule has 0 amide bonds. The van der Waals surface area contributed by atoms with Gasteiger partial charge in [0.2, 0.25) is 0 Å². The van der Waals surface area contributed by atoms with Gasteiger partial charge in [0.15, 0.2) is 5.11 Å².